The van der Waals surface area contributed by atoms with Crippen LogP contribution in [0.4, 0.5) is 5.69 Å². The van der Waals surface area contributed by atoms with E-state index >= 15 is 0 Å². The number of amides is 2. The fourth-order valence-corrected chi connectivity index (χ4v) is 8.41. The van der Waals surface area contributed by atoms with E-state index in [1.165, 1.54) is 6.42 Å². The monoisotopic (exact) mass is 591 g/mol. The Hall–Kier alpha value is -1.94. The van der Waals surface area contributed by atoms with E-state index in [0.717, 1.165) is 55.5 Å². The van der Waals surface area contributed by atoms with E-state index < -0.39 is 23.7 Å². The predicted molar refractivity (Wildman–Crippen MR) is 167 cm³/mol. The number of nitrogens with zero attached hydrogens (tertiary/aromatic N) is 3. The summed E-state index contributed by atoms with van der Waals surface area (Å²) in [5.41, 5.74) is 2.01. The zero-order valence-electron chi connectivity index (χ0n) is 27.3. The van der Waals surface area contributed by atoms with Crippen LogP contribution in [0.3, 0.4) is 0 Å². The Balaban J connectivity index is 1.15. The van der Waals surface area contributed by atoms with Crippen LogP contribution >= 0.6 is 0 Å². The van der Waals surface area contributed by atoms with Crippen molar-refractivity contribution in [1.82, 2.24) is 9.80 Å². The van der Waals surface area contributed by atoms with Crippen LogP contribution in [0.15, 0.2) is 18.2 Å². The van der Waals surface area contributed by atoms with Gasteiger partial charge in [0.05, 0.1) is 22.7 Å². The topological polar surface area (TPSA) is 71.6 Å². The molecule has 0 N–H and O–H groups in total. The minimum absolute atomic E-state index is 0.0909. The number of piperidine rings is 1. The minimum atomic E-state index is -0.592. The van der Waals surface area contributed by atoms with Crippen LogP contribution in [-0.4, -0.2) is 90.4 Å². The SMILES string of the molecule is C[C@H]1CC[C@@H](C(=O)N2CCC3(CC2)C(=O)N(C2CC(N4CCC(C)(C)C4)C2)c2cc(B4OC(C)(C)C(C)(C)O4)ccc23)O1. The van der Waals surface area contributed by atoms with Crippen LogP contribution in [-0.2, 0) is 29.0 Å². The number of hydrogen-bond acceptors (Lipinski definition) is 6. The van der Waals surface area contributed by atoms with Crippen LogP contribution < -0.4 is 10.4 Å². The van der Waals surface area contributed by atoms with Crippen molar-refractivity contribution in [3.8, 4) is 0 Å². The second kappa shape index (κ2) is 10.0. The van der Waals surface area contributed by atoms with E-state index in [0.29, 0.717) is 37.4 Å². The highest BCUT2D eigenvalue weighted by Gasteiger charge is 2.57. The summed E-state index contributed by atoms with van der Waals surface area (Å²) in [4.78, 5) is 34.6. The third kappa shape index (κ3) is 4.79. The van der Waals surface area contributed by atoms with Crippen LogP contribution in [0.5, 0.6) is 0 Å². The molecule has 6 aliphatic rings. The summed E-state index contributed by atoms with van der Waals surface area (Å²) in [5.74, 6) is 0.310. The van der Waals surface area contributed by atoms with Crippen molar-refractivity contribution in [2.75, 3.05) is 31.1 Å². The smallest absolute Gasteiger partial charge is 0.399 e. The van der Waals surface area contributed by atoms with Gasteiger partial charge < -0.3 is 23.8 Å². The number of rotatable bonds is 4. The van der Waals surface area contributed by atoms with Crippen molar-refractivity contribution in [3.05, 3.63) is 23.8 Å². The molecule has 9 heteroatoms. The Morgan fingerprint density at radius 1 is 0.907 bits per heavy atom. The Kier molecular flexibility index (Phi) is 6.94. The van der Waals surface area contributed by atoms with Crippen molar-refractivity contribution in [2.45, 2.75) is 134 Å². The molecule has 234 valence electrons. The number of carbonyl (C=O) groups excluding carboxylic acids is 2. The van der Waals surface area contributed by atoms with Gasteiger partial charge in [-0.1, -0.05) is 26.0 Å². The maximum absolute atomic E-state index is 14.6. The van der Waals surface area contributed by atoms with Gasteiger partial charge in [-0.3, -0.25) is 14.5 Å². The molecule has 1 saturated carbocycles. The number of hydrogen-bond donors (Lipinski definition) is 0. The van der Waals surface area contributed by atoms with Gasteiger partial charge in [-0.05, 0) is 109 Å². The van der Waals surface area contributed by atoms with Crippen LogP contribution in [0, 0.1) is 5.41 Å². The summed E-state index contributed by atoms with van der Waals surface area (Å²) in [6.45, 7) is 18.5. The molecule has 5 fully saturated rings. The maximum atomic E-state index is 14.6. The minimum Gasteiger partial charge on any atom is -0.399 e. The molecule has 0 aromatic heterocycles. The van der Waals surface area contributed by atoms with Gasteiger partial charge in [-0.25, -0.2) is 0 Å². The molecule has 8 nitrogen and oxygen atoms in total. The lowest BCUT2D eigenvalue weighted by Crippen LogP contribution is -2.58. The molecule has 4 saturated heterocycles. The molecule has 5 aliphatic heterocycles. The second-order valence-corrected chi connectivity index (χ2v) is 16.1. The predicted octanol–water partition coefficient (Wildman–Crippen LogP) is 4.02. The van der Waals surface area contributed by atoms with E-state index in [1.54, 1.807) is 0 Å². The van der Waals surface area contributed by atoms with Gasteiger partial charge in [-0.2, -0.15) is 0 Å². The standard InChI is InChI=1S/C34H50BN3O5/c1-22-8-11-28(41-22)29(39)36-16-13-34(14-17-36)26-10-9-23(35-42-32(4,5)33(6,7)43-35)18-27(26)38(30(34)40)25-19-24(20-25)37-15-12-31(2,3)21-37/h9-10,18,22,24-25,28H,8,11-17,19-21H2,1-7H3/t22-,24?,25?,28-/m0/s1. The molecule has 2 amide bonds. The number of likely N-dealkylation sites (tertiary alicyclic amines) is 2. The highest BCUT2D eigenvalue weighted by molar-refractivity contribution is 6.62. The second-order valence-electron chi connectivity index (χ2n) is 16.1. The van der Waals surface area contributed by atoms with Crippen molar-refractivity contribution < 1.29 is 23.6 Å². The molecule has 0 bridgehead atoms. The number of fused-ring (bicyclic) bond motifs is 2. The molecule has 0 unspecified atom stereocenters. The number of ether oxygens (including phenoxy) is 1. The maximum Gasteiger partial charge on any atom is 0.494 e. The molecule has 1 aromatic carbocycles. The van der Waals surface area contributed by atoms with Crippen LogP contribution in [0.1, 0.15) is 99.0 Å². The van der Waals surface area contributed by atoms with E-state index in [1.807, 2.05) is 11.8 Å². The molecule has 2 atom stereocenters. The normalized spacial score (nSPS) is 34.2. The molecule has 43 heavy (non-hydrogen) atoms. The van der Waals surface area contributed by atoms with E-state index in [-0.39, 0.29) is 30.1 Å². The third-order valence-corrected chi connectivity index (χ3v) is 12.1. The summed E-state index contributed by atoms with van der Waals surface area (Å²) in [6, 6.07) is 7.16. The fourth-order valence-electron chi connectivity index (χ4n) is 8.41. The first-order chi connectivity index (χ1) is 20.2. The van der Waals surface area contributed by atoms with Crippen molar-refractivity contribution in [2.24, 2.45) is 5.41 Å². The Labute approximate surface area is 257 Å². The molecule has 0 radical (unpaired) electrons. The molecule has 1 aliphatic carbocycles. The highest BCUT2D eigenvalue weighted by Crippen LogP contribution is 2.51. The average molecular weight is 592 g/mol. The van der Waals surface area contributed by atoms with Gasteiger partial charge in [0.1, 0.15) is 6.10 Å². The molecule has 7 rings (SSSR count). The Morgan fingerprint density at radius 3 is 2.16 bits per heavy atom. The van der Waals surface area contributed by atoms with E-state index in [2.05, 4.69) is 69.5 Å². The fraction of sp³-hybridized carbons (Fsp3) is 0.765. The van der Waals surface area contributed by atoms with Crippen molar-refractivity contribution in [3.63, 3.8) is 0 Å². The zero-order valence-corrected chi connectivity index (χ0v) is 27.3. The summed E-state index contributed by atoms with van der Waals surface area (Å²) in [5, 5.41) is 0. The lowest BCUT2D eigenvalue weighted by atomic mass is 9.71. The summed E-state index contributed by atoms with van der Waals surface area (Å²) in [7, 11) is -0.474. The van der Waals surface area contributed by atoms with Crippen LogP contribution in [0.25, 0.3) is 0 Å². The largest absolute Gasteiger partial charge is 0.494 e. The summed E-state index contributed by atoms with van der Waals surface area (Å²) < 4.78 is 18.7. The lowest BCUT2D eigenvalue weighted by molar-refractivity contribution is -0.145. The van der Waals surface area contributed by atoms with Gasteiger partial charge >= 0.3 is 7.12 Å². The van der Waals surface area contributed by atoms with Gasteiger partial charge in [0, 0.05) is 37.4 Å². The van der Waals surface area contributed by atoms with Gasteiger partial charge in [0.25, 0.3) is 5.91 Å². The van der Waals surface area contributed by atoms with Crippen molar-refractivity contribution in [1.29, 1.82) is 0 Å². The first kappa shape index (κ1) is 29.8. The highest BCUT2D eigenvalue weighted by atomic mass is 16.7. The summed E-state index contributed by atoms with van der Waals surface area (Å²) >= 11 is 0. The molecule has 1 aromatic rings. The Morgan fingerprint density at radius 2 is 1.58 bits per heavy atom. The quantitative estimate of drug-likeness (QED) is 0.493. The third-order valence-electron chi connectivity index (χ3n) is 12.1. The average Bonchev–Trinajstić information content (AvgIpc) is 3.63. The number of anilines is 1. The molecule has 5 heterocycles. The Bertz CT molecular complexity index is 1280. The van der Waals surface area contributed by atoms with E-state index in [9.17, 15) is 9.59 Å². The summed E-state index contributed by atoms with van der Waals surface area (Å²) in [6.07, 6.45) is 6.08. The lowest BCUT2D eigenvalue weighted by Gasteiger charge is -2.46. The van der Waals surface area contributed by atoms with Gasteiger partial charge in [0.2, 0.25) is 5.91 Å². The number of benzene rings is 1. The molecular weight excluding hydrogens is 541 g/mol. The van der Waals surface area contributed by atoms with Crippen molar-refractivity contribution >= 4 is 30.1 Å². The molecule has 1 spiro atoms. The molecular formula is C34H50BN3O5. The zero-order chi connectivity index (χ0) is 30.5. The van der Waals surface area contributed by atoms with Gasteiger partial charge in [0.15, 0.2) is 0 Å². The van der Waals surface area contributed by atoms with Gasteiger partial charge in [-0.15, -0.1) is 0 Å². The first-order valence-corrected chi connectivity index (χ1v) is 16.7. The first-order valence-electron chi connectivity index (χ1n) is 16.7. The van der Waals surface area contributed by atoms with E-state index in [4.69, 9.17) is 14.0 Å². The number of carbonyl (C=O) groups is 2. The van der Waals surface area contributed by atoms with Crippen LogP contribution in [0.2, 0.25) is 0 Å².